The molecule has 23 heavy (non-hydrogen) atoms. The molecule has 7 heteroatoms. The predicted octanol–water partition coefficient (Wildman–Crippen LogP) is 1.28. The van der Waals surface area contributed by atoms with Crippen molar-refractivity contribution in [2.75, 3.05) is 13.1 Å². The molecule has 6 nitrogen and oxygen atoms in total. The Bertz CT molecular complexity index is 818. The molecule has 120 valence electrons. The summed E-state index contributed by atoms with van der Waals surface area (Å²) in [6.45, 7) is 2.84. The van der Waals surface area contributed by atoms with Gasteiger partial charge in [-0.15, -0.1) is 0 Å². The first-order valence-corrected chi connectivity index (χ1v) is 8.32. The van der Waals surface area contributed by atoms with Gasteiger partial charge in [0, 0.05) is 37.1 Å². The van der Waals surface area contributed by atoms with Crippen molar-refractivity contribution < 1.29 is 9.59 Å². The van der Waals surface area contributed by atoms with Crippen LogP contribution in [-0.2, 0) is 16.1 Å². The minimum atomic E-state index is -0.149. The Labute approximate surface area is 137 Å². The lowest BCUT2D eigenvalue weighted by Gasteiger charge is -2.16. The first kappa shape index (κ1) is 15.7. The Morgan fingerprint density at radius 1 is 1.30 bits per heavy atom. The lowest BCUT2D eigenvalue weighted by molar-refractivity contribution is -0.127. The van der Waals surface area contributed by atoms with Gasteiger partial charge in [0.1, 0.15) is 0 Å². The number of aromatic nitrogens is 2. The molecular weight excluding hydrogens is 314 g/mol. The number of thioether (sulfide) groups is 1. The second-order valence-corrected chi connectivity index (χ2v) is 7.01. The van der Waals surface area contributed by atoms with Gasteiger partial charge < -0.3 is 4.90 Å². The summed E-state index contributed by atoms with van der Waals surface area (Å²) in [6.07, 6.45) is 2.04. The Morgan fingerprint density at radius 3 is 2.87 bits per heavy atom. The molecule has 1 aliphatic heterocycles. The van der Waals surface area contributed by atoms with E-state index in [1.165, 1.54) is 23.4 Å². The highest BCUT2D eigenvalue weighted by molar-refractivity contribution is 8.14. The van der Waals surface area contributed by atoms with Crippen LogP contribution in [-0.4, -0.2) is 44.0 Å². The van der Waals surface area contributed by atoms with Crippen molar-refractivity contribution in [3.63, 3.8) is 0 Å². The molecule has 1 aromatic heterocycles. The number of carbonyl (C=O) groups is 2. The minimum Gasteiger partial charge on any atom is -0.340 e. The van der Waals surface area contributed by atoms with E-state index >= 15 is 0 Å². The van der Waals surface area contributed by atoms with Gasteiger partial charge in [0.2, 0.25) is 5.91 Å². The number of nitrogens with zero attached hydrogens (tertiary/aromatic N) is 3. The minimum absolute atomic E-state index is 0.0151. The van der Waals surface area contributed by atoms with Gasteiger partial charge in [-0.2, -0.15) is 5.10 Å². The van der Waals surface area contributed by atoms with E-state index in [-0.39, 0.29) is 21.8 Å². The molecule has 1 saturated heterocycles. The Hall–Kier alpha value is -2.15. The molecule has 0 radical (unpaired) electrons. The third kappa shape index (κ3) is 3.44. The predicted molar refractivity (Wildman–Crippen MR) is 89.3 cm³/mol. The maximum Gasteiger partial charge on any atom is 0.274 e. The molecule has 3 rings (SSSR count). The number of hydrogen-bond acceptors (Lipinski definition) is 5. The van der Waals surface area contributed by atoms with Crippen molar-refractivity contribution in [3.8, 4) is 0 Å². The standard InChI is InChI=1S/C16H17N3O3S/c1-11(20)23-13-8-15(21)18(10-13)6-7-19-16(22)14-5-3-2-4-12(14)9-17-19/h2-5,9,13H,6-8,10H2,1H3. The van der Waals surface area contributed by atoms with Crippen LogP contribution in [0.15, 0.2) is 35.3 Å². The molecule has 0 aliphatic carbocycles. The van der Waals surface area contributed by atoms with E-state index in [1.807, 2.05) is 18.2 Å². The fourth-order valence-corrected chi connectivity index (χ4v) is 3.72. The summed E-state index contributed by atoms with van der Waals surface area (Å²) < 4.78 is 1.39. The summed E-state index contributed by atoms with van der Waals surface area (Å²) in [5.74, 6) is 0.0255. The second kappa shape index (κ2) is 6.54. The first-order chi connectivity index (χ1) is 11.0. The zero-order valence-corrected chi connectivity index (χ0v) is 13.6. The van der Waals surface area contributed by atoms with Crippen LogP contribution in [0.4, 0.5) is 0 Å². The highest BCUT2D eigenvalue weighted by Gasteiger charge is 2.30. The second-order valence-electron chi connectivity index (χ2n) is 5.54. The summed E-state index contributed by atoms with van der Waals surface area (Å²) in [4.78, 5) is 37.2. The largest absolute Gasteiger partial charge is 0.340 e. The topological polar surface area (TPSA) is 72.3 Å². The summed E-state index contributed by atoms with van der Waals surface area (Å²) in [7, 11) is 0. The highest BCUT2D eigenvalue weighted by atomic mass is 32.2. The van der Waals surface area contributed by atoms with Crippen molar-refractivity contribution >= 4 is 33.6 Å². The molecule has 1 atom stereocenters. The van der Waals surface area contributed by atoms with Gasteiger partial charge in [0.15, 0.2) is 5.12 Å². The van der Waals surface area contributed by atoms with Crippen molar-refractivity contribution in [1.29, 1.82) is 0 Å². The van der Waals surface area contributed by atoms with Crippen LogP contribution in [0, 0.1) is 0 Å². The fourth-order valence-electron chi connectivity index (χ4n) is 2.77. The maximum atomic E-state index is 12.4. The molecule has 1 aliphatic rings. The molecule has 1 unspecified atom stereocenters. The van der Waals surface area contributed by atoms with Gasteiger partial charge in [0.25, 0.3) is 5.56 Å². The zero-order chi connectivity index (χ0) is 16.4. The summed E-state index contributed by atoms with van der Waals surface area (Å²) in [6, 6.07) is 7.31. The molecule has 0 bridgehead atoms. The van der Waals surface area contributed by atoms with Crippen molar-refractivity contribution in [2.45, 2.75) is 25.1 Å². The summed E-state index contributed by atoms with van der Waals surface area (Å²) in [5, 5.41) is 5.64. The van der Waals surface area contributed by atoms with Crippen LogP contribution >= 0.6 is 11.8 Å². The smallest absolute Gasteiger partial charge is 0.274 e. The fraction of sp³-hybridized carbons (Fsp3) is 0.375. The highest BCUT2D eigenvalue weighted by Crippen LogP contribution is 2.23. The number of carbonyl (C=O) groups excluding carboxylic acids is 2. The van der Waals surface area contributed by atoms with Crippen molar-refractivity contribution in [2.24, 2.45) is 0 Å². The summed E-state index contributed by atoms with van der Waals surface area (Å²) in [5.41, 5.74) is -0.149. The Morgan fingerprint density at radius 2 is 2.09 bits per heavy atom. The molecular formula is C16H17N3O3S. The molecule has 1 aromatic carbocycles. The molecule has 1 fully saturated rings. The molecule has 0 saturated carbocycles. The van der Waals surface area contributed by atoms with E-state index in [0.717, 1.165) is 5.39 Å². The van der Waals surface area contributed by atoms with Crippen molar-refractivity contribution in [3.05, 3.63) is 40.8 Å². The number of hydrogen-bond donors (Lipinski definition) is 0. The Kier molecular flexibility index (Phi) is 4.47. The normalized spacial score (nSPS) is 17.9. The number of likely N-dealkylation sites (tertiary alicyclic amines) is 1. The summed E-state index contributed by atoms with van der Waals surface area (Å²) >= 11 is 1.21. The third-order valence-corrected chi connectivity index (χ3v) is 4.84. The third-order valence-electron chi connectivity index (χ3n) is 3.86. The van der Waals surface area contributed by atoms with Crippen LogP contribution < -0.4 is 5.56 Å². The van der Waals surface area contributed by atoms with Crippen LogP contribution in [0.3, 0.4) is 0 Å². The SMILES string of the molecule is CC(=O)SC1CC(=O)N(CCn2ncc3ccccc3c2=O)C1. The quantitative estimate of drug-likeness (QED) is 0.844. The lowest BCUT2D eigenvalue weighted by atomic mass is 10.2. The molecule has 0 N–H and O–H groups in total. The van der Waals surface area contributed by atoms with Crippen molar-refractivity contribution in [1.82, 2.24) is 14.7 Å². The Balaban J connectivity index is 1.69. The average molecular weight is 331 g/mol. The molecule has 1 amide bonds. The number of benzene rings is 1. The number of amides is 1. The van der Waals surface area contributed by atoms with Gasteiger partial charge in [-0.3, -0.25) is 14.4 Å². The molecule has 2 aromatic rings. The zero-order valence-electron chi connectivity index (χ0n) is 12.8. The van der Waals surface area contributed by atoms with Gasteiger partial charge in [-0.25, -0.2) is 4.68 Å². The van der Waals surface area contributed by atoms with Crippen LogP contribution in [0.2, 0.25) is 0 Å². The van der Waals surface area contributed by atoms with E-state index < -0.39 is 0 Å². The van der Waals surface area contributed by atoms with E-state index in [4.69, 9.17) is 0 Å². The van der Waals surface area contributed by atoms with Crippen LogP contribution in [0.25, 0.3) is 10.8 Å². The molecule has 0 spiro atoms. The van der Waals surface area contributed by atoms with Gasteiger partial charge in [-0.05, 0) is 6.07 Å². The van der Waals surface area contributed by atoms with Crippen LogP contribution in [0.1, 0.15) is 13.3 Å². The van der Waals surface area contributed by atoms with E-state index in [9.17, 15) is 14.4 Å². The lowest BCUT2D eigenvalue weighted by Crippen LogP contribution is -2.33. The van der Waals surface area contributed by atoms with Crippen LogP contribution in [0.5, 0.6) is 0 Å². The average Bonchev–Trinajstić information content (AvgIpc) is 2.86. The number of rotatable bonds is 4. The van der Waals surface area contributed by atoms with Gasteiger partial charge in [-0.1, -0.05) is 30.0 Å². The van der Waals surface area contributed by atoms with E-state index in [0.29, 0.717) is 31.4 Å². The van der Waals surface area contributed by atoms with E-state index in [1.54, 1.807) is 17.2 Å². The van der Waals surface area contributed by atoms with Gasteiger partial charge >= 0.3 is 0 Å². The maximum absolute atomic E-state index is 12.4. The van der Waals surface area contributed by atoms with Gasteiger partial charge in [0.05, 0.1) is 18.1 Å². The van der Waals surface area contributed by atoms with E-state index in [2.05, 4.69) is 5.10 Å². The monoisotopic (exact) mass is 331 g/mol. The molecule has 2 heterocycles. The first-order valence-electron chi connectivity index (χ1n) is 7.44. The number of fused-ring (bicyclic) bond motifs is 1.